The zero-order valence-corrected chi connectivity index (χ0v) is 9.29. The second-order valence-corrected chi connectivity index (χ2v) is 5.11. The first-order valence-corrected chi connectivity index (χ1v) is 5.51. The molecule has 3 heteroatoms. The van der Waals surface area contributed by atoms with Gasteiger partial charge in [-0.15, -0.1) is 0 Å². The quantitative estimate of drug-likeness (QED) is 0.581. The Labute approximate surface area is 86.3 Å². The summed E-state index contributed by atoms with van der Waals surface area (Å²) in [5.41, 5.74) is 0. The molecule has 0 aromatic heterocycles. The summed E-state index contributed by atoms with van der Waals surface area (Å²) in [4.78, 5) is 10.3. The average Bonchev–Trinajstić information content (AvgIpc) is 1.96. The molecular formula is C11H21NO2. The Balaban J connectivity index is 2.15. The van der Waals surface area contributed by atoms with Crippen molar-refractivity contribution in [1.82, 2.24) is 0 Å². The van der Waals surface area contributed by atoms with Crippen molar-refractivity contribution in [1.29, 1.82) is 0 Å². The smallest absolute Gasteiger partial charge is 0.0811 e. The molecule has 0 N–H and O–H groups in total. The fourth-order valence-corrected chi connectivity index (χ4v) is 2.12. The van der Waals surface area contributed by atoms with Crippen molar-refractivity contribution in [3.8, 4) is 0 Å². The number of hydrogen-bond donors (Lipinski definition) is 0. The summed E-state index contributed by atoms with van der Waals surface area (Å²) in [5.74, 6) is -0.0402. The summed E-state index contributed by atoms with van der Waals surface area (Å²) in [5, 5.41) is 10.3. The van der Waals surface area contributed by atoms with Crippen LogP contribution in [0, 0.1) is 5.92 Å². The van der Waals surface area contributed by atoms with Gasteiger partial charge in [-0.3, -0.25) is 0 Å². The van der Waals surface area contributed by atoms with E-state index in [-0.39, 0.29) is 6.42 Å². The number of hydrogen-bond acceptors (Lipinski definition) is 2. The summed E-state index contributed by atoms with van der Waals surface area (Å²) in [6.45, 7) is 2.15. The predicted octanol–water partition coefficient (Wildman–Crippen LogP) is 0.393. The van der Waals surface area contributed by atoms with Crippen molar-refractivity contribution < 1.29 is 14.4 Å². The SMILES string of the molecule is C[N+](C)(CCCC(=O)[O-])CC1CCC1. The van der Waals surface area contributed by atoms with Gasteiger partial charge in [0.2, 0.25) is 0 Å². The molecule has 0 bridgehead atoms. The molecule has 0 aromatic rings. The Morgan fingerprint density at radius 3 is 2.50 bits per heavy atom. The van der Waals surface area contributed by atoms with E-state index in [1.807, 2.05) is 0 Å². The molecule has 0 atom stereocenters. The van der Waals surface area contributed by atoms with Gasteiger partial charge in [0.1, 0.15) is 0 Å². The number of carbonyl (C=O) groups is 1. The Bertz CT molecular complexity index is 197. The van der Waals surface area contributed by atoms with Crippen molar-refractivity contribution in [2.45, 2.75) is 32.1 Å². The van der Waals surface area contributed by atoms with E-state index < -0.39 is 5.97 Å². The van der Waals surface area contributed by atoms with Gasteiger partial charge >= 0.3 is 0 Å². The molecule has 1 rings (SSSR count). The third-order valence-electron chi connectivity index (χ3n) is 3.12. The summed E-state index contributed by atoms with van der Waals surface area (Å²) in [6, 6.07) is 0. The van der Waals surface area contributed by atoms with Gasteiger partial charge in [-0.2, -0.15) is 0 Å². The van der Waals surface area contributed by atoms with Crippen LogP contribution in [0.25, 0.3) is 0 Å². The maximum atomic E-state index is 10.3. The summed E-state index contributed by atoms with van der Waals surface area (Å²) < 4.78 is 0.956. The van der Waals surface area contributed by atoms with Crippen LogP contribution in [0.15, 0.2) is 0 Å². The third-order valence-corrected chi connectivity index (χ3v) is 3.12. The number of quaternary nitrogens is 1. The van der Waals surface area contributed by atoms with Crippen LogP contribution in [0.1, 0.15) is 32.1 Å². The third kappa shape index (κ3) is 4.09. The van der Waals surface area contributed by atoms with Crippen LogP contribution in [0.3, 0.4) is 0 Å². The van der Waals surface area contributed by atoms with Gasteiger partial charge in [0.05, 0.1) is 27.2 Å². The van der Waals surface area contributed by atoms with Gasteiger partial charge in [0.15, 0.2) is 0 Å². The molecular weight excluding hydrogens is 178 g/mol. The molecule has 14 heavy (non-hydrogen) atoms. The molecule has 0 radical (unpaired) electrons. The number of carboxylic acids is 1. The molecule has 0 aliphatic heterocycles. The van der Waals surface area contributed by atoms with Crippen molar-refractivity contribution in [3.63, 3.8) is 0 Å². The highest BCUT2D eigenvalue weighted by Gasteiger charge is 2.26. The molecule has 82 valence electrons. The lowest BCUT2D eigenvalue weighted by Crippen LogP contribution is -2.45. The molecule has 0 saturated heterocycles. The average molecular weight is 199 g/mol. The number of rotatable bonds is 6. The van der Waals surface area contributed by atoms with E-state index in [1.54, 1.807) is 0 Å². The van der Waals surface area contributed by atoms with E-state index in [4.69, 9.17) is 0 Å². The number of carboxylic acid groups (broad SMARTS) is 1. The number of aliphatic carboxylic acids is 1. The van der Waals surface area contributed by atoms with E-state index in [0.29, 0.717) is 0 Å². The highest BCUT2D eigenvalue weighted by Crippen LogP contribution is 2.28. The second kappa shape index (κ2) is 4.78. The Kier molecular flexibility index (Phi) is 3.93. The molecule has 1 fully saturated rings. The lowest BCUT2D eigenvalue weighted by Gasteiger charge is -2.37. The first-order chi connectivity index (χ1) is 6.49. The van der Waals surface area contributed by atoms with Crippen molar-refractivity contribution in [2.24, 2.45) is 5.92 Å². The first-order valence-electron chi connectivity index (χ1n) is 5.51. The minimum absolute atomic E-state index is 0.201. The van der Waals surface area contributed by atoms with E-state index in [2.05, 4.69) is 14.1 Å². The molecule has 0 spiro atoms. The molecule has 3 nitrogen and oxygen atoms in total. The zero-order chi connectivity index (χ0) is 10.6. The topological polar surface area (TPSA) is 40.1 Å². The molecule has 1 aliphatic carbocycles. The summed E-state index contributed by atoms with van der Waals surface area (Å²) in [6.07, 6.45) is 5.04. The van der Waals surface area contributed by atoms with Gasteiger partial charge in [0, 0.05) is 18.3 Å². The van der Waals surface area contributed by atoms with Crippen LogP contribution >= 0.6 is 0 Å². The van der Waals surface area contributed by atoms with E-state index >= 15 is 0 Å². The van der Waals surface area contributed by atoms with Crippen LogP contribution in [-0.4, -0.2) is 37.6 Å². The molecule has 1 saturated carbocycles. The van der Waals surface area contributed by atoms with E-state index in [9.17, 15) is 9.90 Å². The van der Waals surface area contributed by atoms with Crippen LogP contribution in [0.2, 0.25) is 0 Å². The van der Waals surface area contributed by atoms with Crippen molar-refractivity contribution >= 4 is 5.97 Å². The zero-order valence-electron chi connectivity index (χ0n) is 9.29. The number of carbonyl (C=O) groups excluding carboxylic acids is 1. The van der Waals surface area contributed by atoms with Crippen molar-refractivity contribution in [2.75, 3.05) is 27.2 Å². The van der Waals surface area contributed by atoms with Gasteiger partial charge in [0.25, 0.3) is 0 Å². The van der Waals surface area contributed by atoms with Crippen molar-refractivity contribution in [3.05, 3.63) is 0 Å². The molecule has 1 aliphatic rings. The lowest BCUT2D eigenvalue weighted by atomic mass is 9.84. The summed E-state index contributed by atoms with van der Waals surface area (Å²) in [7, 11) is 4.38. The maximum absolute atomic E-state index is 10.3. The highest BCUT2D eigenvalue weighted by molar-refractivity contribution is 5.64. The molecule has 0 unspecified atom stereocenters. The van der Waals surface area contributed by atoms with Gasteiger partial charge in [-0.1, -0.05) is 6.42 Å². The van der Waals surface area contributed by atoms with Gasteiger partial charge in [-0.05, 0) is 19.3 Å². The number of nitrogens with zero attached hydrogens (tertiary/aromatic N) is 1. The monoisotopic (exact) mass is 199 g/mol. The van der Waals surface area contributed by atoms with E-state index in [0.717, 1.165) is 23.4 Å². The minimum atomic E-state index is -0.923. The van der Waals surface area contributed by atoms with Gasteiger partial charge < -0.3 is 14.4 Å². The highest BCUT2D eigenvalue weighted by atomic mass is 16.4. The van der Waals surface area contributed by atoms with E-state index in [1.165, 1.54) is 25.8 Å². The minimum Gasteiger partial charge on any atom is -0.550 e. The van der Waals surface area contributed by atoms with Crippen LogP contribution in [0.4, 0.5) is 0 Å². The maximum Gasteiger partial charge on any atom is 0.0811 e. The molecule has 0 aromatic carbocycles. The van der Waals surface area contributed by atoms with Crippen LogP contribution in [-0.2, 0) is 4.79 Å². The Hall–Kier alpha value is -0.570. The Morgan fingerprint density at radius 2 is 2.07 bits per heavy atom. The second-order valence-electron chi connectivity index (χ2n) is 5.11. The normalized spacial score (nSPS) is 17.9. The molecule has 0 heterocycles. The molecule has 0 amide bonds. The fourth-order valence-electron chi connectivity index (χ4n) is 2.12. The lowest BCUT2D eigenvalue weighted by molar-refractivity contribution is -0.894. The largest absolute Gasteiger partial charge is 0.550 e. The van der Waals surface area contributed by atoms with Crippen LogP contribution < -0.4 is 5.11 Å². The summed E-state index contributed by atoms with van der Waals surface area (Å²) >= 11 is 0. The Morgan fingerprint density at radius 1 is 1.43 bits per heavy atom. The predicted molar refractivity (Wildman–Crippen MR) is 53.4 cm³/mol. The standard InChI is InChI=1S/C11H21NO2/c1-12(2,8-4-7-11(13)14)9-10-5-3-6-10/h10H,3-9H2,1-2H3. The van der Waals surface area contributed by atoms with Crippen LogP contribution in [0.5, 0.6) is 0 Å². The first kappa shape index (κ1) is 11.5. The fraction of sp³-hybridized carbons (Fsp3) is 0.909. The van der Waals surface area contributed by atoms with Gasteiger partial charge in [-0.25, -0.2) is 0 Å².